The van der Waals surface area contributed by atoms with E-state index in [-0.39, 0.29) is 0 Å². The van der Waals surface area contributed by atoms with Crippen molar-refractivity contribution >= 4 is 75.1 Å². The minimum absolute atomic E-state index is 1.13. The van der Waals surface area contributed by atoms with Crippen LogP contribution in [-0.2, 0) is 0 Å². The molecular formula is C53H33N3S. The summed E-state index contributed by atoms with van der Waals surface area (Å²) in [5, 5.41) is 7.60. The summed E-state index contributed by atoms with van der Waals surface area (Å²) in [6.07, 6.45) is 3.74. The predicted octanol–water partition coefficient (Wildman–Crippen LogP) is 14.6. The van der Waals surface area contributed by atoms with E-state index < -0.39 is 0 Å². The summed E-state index contributed by atoms with van der Waals surface area (Å²) in [5.41, 5.74) is 14.2. The monoisotopic (exact) mass is 743 g/mol. The number of pyridine rings is 1. The van der Waals surface area contributed by atoms with E-state index in [2.05, 4.69) is 202 Å². The molecule has 0 unspecified atom stereocenters. The molecule has 0 spiro atoms. The Morgan fingerprint density at radius 2 is 0.825 bits per heavy atom. The molecule has 0 radical (unpaired) electrons. The molecule has 0 aliphatic carbocycles. The van der Waals surface area contributed by atoms with Gasteiger partial charge in [0, 0.05) is 65.5 Å². The lowest BCUT2D eigenvalue weighted by Crippen LogP contribution is -1.96. The lowest BCUT2D eigenvalue weighted by atomic mass is 9.98. The van der Waals surface area contributed by atoms with Crippen LogP contribution in [0, 0.1) is 0 Å². The second-order valence-corrected chi connectivity index (χ2v) is 15.9. The second-order valence-electron chi connectivity index (χ2n) is 14.8. The zero-order valence-corrected chi connectivity index (χ0v) is 31.6. The molecule has 4 heteroatoms. The SMILES string of the molecule is c1ccc(-c2cc(-c3ccncc3)cc(-n3c4ccccc4c4cc(-c5ccc6c(c5)c5ccccc5n6-c5ccc6sc7ccccc7c6c5)ccc43)c2)cc1. The molecule has 3 nitrogen and oxygen atoms in total. The van der Waals surface area contributed by atoms with E-state index >= 15 is 0 Å². The molecule has 12 rings (SSSR count). The number of fused-ring (bicyclic) bond motifs is 9. The van der Waals surface area contributed by atoms with Gasteiger partial charge in [-0.1, -0.05) is 97.1 Å². The van der Waals surface area contributed by atoms with Crippen molar-refractivity contribution in [2.24, 2.45) is 0 Å². The molecule has 0 saturated heterocycles. The van der Waals surface area contributed by atoms with Crippen LogP contribution in [-0.4, -0.2) is 14.1 Å². The summed E-state index contributed by atoms with van der Waals surface area (Å²) >= 11 is 1.86. The van der Waals surface area contributed by atoms with Crippen LogP contribution in [0.3, 0.4) is 0 Å². The minimum atomic E-state index is 1.13. The Morgan fingerprint density at radius 3 is 1.49 bits per heavy atom. The van der Waals surface area contributed by atoms with Crippen LogP contribution in [0.15, 0.2) is 200 Å². The maximum absolute atomic E-state index is 4.30. The van der Waals surface area contributed by atoms with Crippen LogP contribution >= 0.6 is 11.3 Å². The van der Waals surface area contributed by atoms with Gasteiger partial charge >= 0.3 is 0 Å². The van der Waals surface area contributed by atoms with Crippen LogP contribution < -0.4 is 0 Å². The molecule has 0 saturated carbocycles. The molecule has 12 aromatic rings. The van der Waals surface area contributed by atoms with Crippen LogP contribution in [0.4, 0.5) is 0 Å². The zero-order chi connectivity index (χ0) is 37.5. The van der Waals surface area contributed by atoms with E-state index in [1.165, 1.54) is 91.7 Å². The van der Waals surface area contributed by atoms with E-state index in [1.54, 1.807) is 0 Å². The maximum Gasteiger partial charge on any atom is 0.0541 e. The maximum atomic E-state index is 4.30. The number of rotatable bonds is 5. The third-order valence-electron chi connectivity index (χ3n) is 11.6. The first-order valence-corrected chi connectivity index (χ1v) is 20.2. The van der Waals surface area contributed by atoms with Crippen LogP contribution in [0.25, 0.3) is 109 Å². The van der Waals surface area contributed by atoms with Gasteiger partial charge in [-0.25, -0.2) is 0 Å². The minimum Gasteiger partial charge on any atom is -0.309 e. The third kappa shape index (κ3) is 5.08. The van der Waals surface area contributed by atoms with Crippen molar-refractivity contribution in [1.82, 2.24) is 14.1 Å². The highest BCUT2D eigenvalue weighted by Gasteiger charge is 2.18. The van der Waals surface area contributed by atoms with E-state index in [1.807, 2.05) is 23.7 Å². The first-order valence-electron chi connectivity index (χ1n) is 19.3. The smallest absolute Gasteiger partial charge is 0.0541 e. The highest BCUT2D eigenvalue weighted by Crippen LogP contribution is 2.41. The Balaban J connectivity index is 1.03. The van der Waals surface area contributed by atoms with Gasteiger partial charge in [-0.05, 0) is 124 Å². The lowest BCUT2D eigenvalue weighted by Gasteiger charge is -2.14. The molecule has 4 heterocycles. The molecule has 8 aromatic carbocycles. The summed E-state index contributed by atoms with van der Waals surface area (Å²) in [6, 6.07) is 69.0. The van der Waals surface area contributed by atoms with Gasteiger partial charge < -0.3 is 9.13 Å². The summed E-state index contributed by atoms with van der Waals surface area (Å²) in [4.78, 5) is 4.30. The summed E-state index contributed by atoms with van der Waals surface area (Å²) in [7, 11) is 0. The Bertz CT molecular complexity index is 3460. The van der Waals surface area contributed by atoms with Crippen molar-refractivity contribution in [2.75, 3.05) is 0 Å². The first kappa shape index (κ1) is 32.0. The topological polar surface area (TPSA) is 22.8 Å². The molecule has 0 atom stereocenters. The average molecular weight is 744 g/mol. The Morgan fingerprint density at radius 1 is 0.298 bits per heavy atom. The number of aromatic nitrogens is 3. The van der Waals surface area contributed by atoms with Gasteiger partial charge in [0.15, 0.2) is 0 Å². The van der Waals surface area contributed by atoms with Crippen molar-refractivity contribution in [1.29, 1.82) is 0 Å². The van der Waals surface area contributed by atoms with Crippen LogP contribution in [0.2, 0.25) is 0 Å². The normalized spacial score (nSPS) is 11.9. The number of hydrogen-bond donors (Lipinski definition) is 0. The number of nitrogens with zero attached hydrogens (tertiary/aromatic N) is 3. The molecular weight excluding hydrogens is 711 g/mol. The number of hydrogen-bond acceptors (Lipinski definition) is 2. The molecule has 0 aliphatic rings. The Hall–Kier alpha value is -7.27. The first-order chi connectivity index (χ1) is 28.2. The highest BCUT2D eigenvalue weighted by molar-refractivity contribution is 7.25. The van der Waals surface area contributed by atoms with Gasteiger partial charge in [0.2, 0.25) is 0 Å². The lowest BCUT2D eigenvalue weighted by molar-refractivity contribution is 1.18. The van der Waals surface area contributed by atoms with Gasteiger partial charge in [0.1, 0.15) is 0 Å². The summed E-state index contributed by atoms with van der Waals surface area (Å²) in [5.74, 6) is 0. The number of thiophene rings is 1. The van der Waals surface area contributed by atoms with Crippen LogP contribution in [0.1, 0.15) is 0 Å². The quantitative estimate of drug-likeness (QED) is 0.172. The largest absolute Gasteiger partial charge is 0.309 e. The highest BCUT2D eigenvalue weighted by atomic mass is 32.1. The van der Waals surface area contributed by atoms with Gasteiger partial charge in [0.05, 0.1) is 22.1 Å². The van der Waals surface area contributed by atoms with Crippen molar-refractivity contribution in [3.63, 3.8) is 0 Å². The Labute approximate surface area is 333 Å². The summed E-state index contributed by atoms with van der Waals surface area (Å²) < 4.78 is 7.50. The van der Waals surface area contributed by atoms with Crippen molar-refractivity contribution < 1.29 is 0 Å². The Kier molecular flexibility index (Phi) is 7.10. The molecule has 0 aliphatic heterocycles. The molecule has 0 bridgehead atoms. The molecule has 266 valence electrons. The van der Waals surface area contributed by atoms with Gasteiger partial charge in [0.25, 0.3) is 0 Å². The predicted molar refractivity (Wildman–Crippen MR) is 242 cm³/mol. The molecule has 0 fully saturated rings. The summed E-state index contributed by atoms with van der Waals surface area (Å²) in [6.45, 7) is 0. The van der Waals surface area contributed by atoms with Gasteiger partial charge in [-0.3, -0.25) is 4.98 Å². The van der Waals surface area contributed by atoms with E-state index in [0.717, 1.165) is 16.8 Å². The fourth-order valence-corrected chi connectivity index (χ4v) is 10.0. The van der Waals surface area contributed by atoms with Gasteiger partial charge in [-0.15, -0.1) is 11.3 Å². The fraction of sp³-hybridized carbons (Fsp3) is 0. The number of benzene rings is 8. The standard InChI is InChI=1S/C53H33N3S/c1-2-10-34(11-3-1)38-28-39(35-24-26-54-27-25-35)30-41(29-38)56-49-16-8-5-13-43(49)46-32-37(19-22-51(46)56)36-18-21-50-45(31-36)42-12-4-7-15-48(42)55(50)40-20-23-53-47(33-40)44-14-6-9-17-52(44)57-53/h1-33H. The van der Waals surface area contributed by atoms with E-state index in [0.29, 0.717) is 0 Å². The van der Waals surface area contributed by atoms with Crippen molar-refractivity contribution in [2.45, 2.75) is 0 Å². The second kappa shape index (κ2) is 12.6. The van der Waals surface area contributed by atoms with E-state index in [9.17, 15) is 0 Å². The molecule has 0 N–H and O–H groups in total. The van der Waals surface area contributed by atoms with Crippen LogP contribution in [0.5, 0.6) is 0 Å². The molecule has 57 heavy (non-hydrogen) atoms. The van der Waals surface area contributed by atoms with Crippen molar-refractivity contribution in [3.8, 4) is 44.8 Å². The zero-order valence-electron chi connectivity index (χ0n) is 30.8. The van der Waals surface area contributed by atoms with Gasteiger partial charge in [-0.2, -0.15) is 0 Å². The van der Waals surface area contributed by atoms with Crippen molar-refractivity contribution in [3.05, 3.63) is 200 Å². The number of para-hydroxylation sites is 2. The third-order valence-corrected chi connectivity index (χ3v) is 12.7. The van der Waals surface area contributed by atoms with E-state index in [4.69, 9.17) is 0 Å². The molecule has 0 amide bonds. The fourth-order valence-electron chi connectivity index (χ4n) is 8.96. The average Bonchev–Trinajstić information content (AvgIpc) is 3.94. The molecule has 4 aromatic heterocycles.